The molecule has 0 saturated carbocycles. The van der Waals surface area contributed by atoms with Crippen LogP contribution in [0.15, 0.2) is 42.3 Å². The van der Waals surface area contributed by atoms with Crippen molar-refractivity contribution in [2.45, 2.75) is 71.8 Å². The minimum atomic E-state index is -0.870. The lowest BCUT2D eigenvalue weighted by Crippen LogP contribution is -2.57. The van der Waals surface area contributed by atoms with Gasteiger partial charge in [-0.25, -0.2) is 9.59 Å². The third-order valence-electron chi connectivity index (χ3n) is 5.82. The number of aliphatic hydroxyl groups is 1. The smallest absolute Gasteiger partial charge is 0.408 e. The molecular formula is C24H34N4O5. The molecule has 2 heterocycles. The molecule has 0 radical (unpaired) electrons. The van der Waals surface area contributed by atoms with Crippen LogP contribution in [0.1, 0.15) is 46.6 Å². The summed E-state index contributed by atoms with van der Waals surface area (Å²) in [4.78, 5) is 41.6. The lowest BCUT2D eigenvalue weighted by Gasteiger charge is -2.35. The van der Waals surface area contributed by atoms with E-state index in [2.05, 4.69) is 10.6 Å². The minimum Gasteiger partial charge on any atom is -0.508 e. The number of aliphatic hydroxyl groups excluding tert-OH is 1. The fourth-order valence-corrected chi connectivity index (χ4v) is 4.21. The number of likely N-dealkylation sites (tertiary alicyclic amines) is 1. The van der Waals surface area contributed by atoms with Crippen LogP contribution in [0.4, 0.5) is 9.59 Å². The second-order valence-corrected chi connectivity index (χ2v) is 9.90. The Balaban J connectivity index is 1.69. The summed E-state index contributed by atoms with van der Waals surface area (Å²) in [7, 11) is 0. The Morgan fingerprint density at radius 1 is 1.15 bits per heavy atom. The number of benzene rings is 1. The zero-order valence-electron chi connectivity index (χ0n) is 19.9. The van der Waals surface area contributed by atoms with Gasteiger partial charge in [0.25, 0.3) is 0 Å². The number of rotatable bonds is 5. The zero-order chi connectivity index (χ0) is 24.3. The number of fused-ring (bicyclic) bond motifs is 1. The maximum atomic E-state index is 13.5. The van der Waals surface area contributed by atoms with Crippen molar-refractivity contribution >= 4 is 18.0 Å². The van der Waals surface area contributed by atoms with Gasteiger partial charge in [0.15, 0.2) is 0 Å². The number of carbonyl (C=O) groups excluding carboxylic acids is 3. The van der Waals surface area contributed by atoms with Crippen LogP contribution in [0.25, 0.3) is 0 Å². The SMILES string of the molecule is CC(C)NC(=O)N1C=C(O)C2C1CCN2C(=O)C(NC(=O)OCc1ccccc1)C(C)(C)C. The number of nitrogens with zero attached hydrogens (tertiary/aromatic N) is 2. The Morgan fingerprint density at radius 2 is 1.82 bits per heavy atom. The van der Waals surface area contributed by atoms with Crippen LogP contribution in [0.2, 0.25) is 0 Å². The highest BCUT2D eigenvalue weighted by Crippen LogP contribution is 2.35. The summed E-state index contributed by atoms with van der Waals surface area (Å²) in [5.41, 5.74) is 0.238. The van der Waals surface area contributed by atoms with Crippen LogP contribution in [0.5, 0.6) is 0 Å². The fraction of sp³-hybridized carbons (Fsp3) is 0.542. The molecule has 1 aromatic carbocycles. The molecule has 1 aromatic rings. The molecule has 0 aliphatic carbocycles. The first-order valence-corrected chi connectivity index (χ1v) is 11.3. The van der Waals surface area contributed by atoms with E-state index in [0.29, 0.717) is 13.0 Å². The molecule has 4 amide bonds. The van der Waals surface area contributed by atoms with E-state index < -0.39 is 23.6 Å². The van der Waals surface area contributed by atoms with Crippen molar-refractivity contribution in [2.75, 3.05) is 6.54 Å². The second-order valence-electron chi connectivity index (χ2n) is 9.90. The first-order valence-electron chi connectivity index (χ1n) is 11.3. The third kappa shape index (κ3) is 5.58. The average molecular weight is 459 g/mol. The van der Waals surface area contributed by atoms with Crippen LogP contribution >= 0.6 is 0 Å². The van der Waals surface area contributed by atoms with E-state index >= 15 is 0 Å². The normalized spacial score (nSPS) is 20.8. The highest BCUT2D eigenvalue weighted by Gasteiger charge is 2.50. The van der Waals surface area contributed by atoms with E-state index in [9.17, 15) is 19.5 Å². The molecule has 3 rings (SSSR count). The Bertz CT molecular complexity index is 909. The lowest BCUT2D eigenvalue weighted by atomic mass is 9.85. The van der Waals surface area contributed by atoms with Crippen LogP contribution < -0.4 is 10.6 Å². The quantitative estimate of drug-likeness (QED) is 0.628. The number of ether oxygens (including phenoxy) is 1. The van der Waals surface area contributed by atoms with Gasteiger partial charge in [-0.3, -0.25) is 9.69 Å². The molecule has 180 valence electrons. The van der Waals surface area contributed by atoms with Gasteiger partial charge in [0, 0.05) is 18.8 Å². The number of hydrogen-bond acceptors (Lipinski definition) is 5. The van der Waals surface area contributed by atoms with Gasteiger partial charge in [0.2, 0.25) is 5.91 Å². The Morgan fingerprint density at radius 3 is 2.42 bits per heavy atom. The number of amides is 4. The van der Waals surface area contributed by atoms with E-state index in [4.69, 9.17) is 4.74 Å². The van der Waals surface area contributed by atoms with Crippen molar-refractivity contribution in [1.29, 1.82) is 0 Å². The second kappa shape index (κ2) is 9.72. The predicted molar refractivity (Wildman–Crippen MR) is 123 cm³/mol. The monoisotopic (exact) mass is 458 g/mol. The minimum absolute atomic E-state index is 0.0379. The van der Waals surface area contributed by atoms with E-state index in [-0.39, 0.29) is 36.4 Å². The van der Waals surface area contributed by atoms with Gasteiger partial charge in [-0.2, -0.15) is 0 Å². The van der Waals surface area contributed by atoms with Gasteiger partial charge >= 0.3 is 12.1 Å². The molecule has 33 heavy (non-hydrogen) atoms. The van der Waals surface area contributed by atoms with E-state index in [1.165, 1.54) is 11.1 Å². The van der Waals surface area contributed by atoms with Crippen LogP contribution in [-0.2, 0) is 16.1 Å². The standard InChI is InChI=1S/C24H34N4O5/c1-15(2)25-22(31)28-13-18(29)19-17(28)11-12-27(19)21(30)20(24(3,4)5)26-23(32)33-14-16-9-7-6-8-10-16/h6-10,13,15,17,19-20,29H,11-12,14H2,1-5H3,(H,25,31)(H,26,32). The molecule has 0 aromatic heterocycles. The zero-order valence-corrected chi connectivity index (χ0v) is 19.9. The molecule has 2 aliphatic heterocycles. The summed E-state index contributed by atoms with van der Waals surface area (Å²) < 4.78 is 5.32. The molecule has 1 fully saturated rings. The third-order valence-corrected chi connectivity index (χ3v) is 5.82. The topological polar surface area (TPSA) is 111 Å². The molecule has 0 spiro atoms. The van der Waals surface area contributed by atoms with Crippen molar-refractivity contribution in [3.8, 4) is 0 Å². The summed E-state index contributed by atoms with van der Waals surface area (Å²) in [6, 6.07) is 7.06. The summed E-state index contributed by atoms with van der Waals surface area (Å²) in [6.45, 7) is 9.74. The first-order chi connectivity index (χ1) is 15.5. The average Bonchev–Trinajstić information content (AvgIpc) is 3.31. The maximum Gasteiger partial charge on any atom is 0.408 e. The fourth-order valence-electron chi connectivity index (χ4n) is 4.21. The molecule has 2 aliphatic rings. The van der Waals surface area contributed by atoms with Gasteiger partial charge in [-0.1, -0.05) is 51.1 Å². The van der Waals surface area contributed by atoms with Crippen molar-refractivity contribution in [1.82, 2.24) is 20.4 Å². The van der Waals surface area contributed by atoms with Crippen LogP contribution in [-0.4, -0.2) is 63.7 Å². The summed E-state index contributed by atoms with van der Waals surface area (Å²) in [5.74, 6) is -0.359. The van der Waals surface area contributed by atoms with Gasteiger partial charge in [-0.15, -0.1) is 0 Å². The van der Waals surface area contributed by atoms with Gasteiger partial charge < -0.3 is 25.4 Å². The molecule has 1 saturated heterocycles. The summed E-state index contributed by atoms with van der Waals surface area (Å²) >= 11 is 0. The first kappa shape index (κ1) is 24.4. The molecule has 9 heteroatoms. The molecule has 3 unspecified atom stereocenters. The maximum absolute atomic E-state index is 13.5. The van der Waals surface area contributed by atoms with Crippen molar-refractivity contribution < 1.29 is 24.2 Å². The van der Waals surface area contributed by atoms with Crippen molar-refractivity contribution in [3.63, 3.8) is 0 Å². The molecule has 9 nitrogen and oxygen atoms in total. The lowest BCUT2D eigenvalue weighted by molar-refractivity contribution is -0.136. The summed E-state index contributed by atoms with van der Waals surface area (Å²) in [5, 5.41) is 16.1. The molecule has 0 bridgehead atoms. The van der Waals surface area contributed by atoms with E-state index in [0.717, 1.165) is 5.56 Å². The Kier molecular flexibility index (Phi) is 7.19. The molecular weight excluding hydrogens is 424 g/mol. The predicted octanol–water partition coefficient (Wildman–Crippen LogP) is 3.13. The Hall–Kier alpha value is -3.23. The summed E-state index contributed by atoms with van der Waals surface area (Å²) in [6.07, 6.45) is 1.23. The molecule has 3 N–H and O–H groups in total. The number of hydrogen-bond donors (Lipinski definition) is 3. The van der Waals surface area contributed by atoms with Crippen LogP contribution in [0, 0.1) is 5.41 Å². The molecule has 3 atom stereocenters. The number of urea groups is 1. The Labute approximate surface area is 194 Å². The van der Waals surface area contributed by atoms with Gasteiger partial charge in [0.1, 0.15) is 24.4 Å². The van der Waals surface area contributed by atoms with Gasteiger partial charge in [0.05, 0.1) is 6.04 Å². The highest BCUT2D eigenvalue weighted by molar-refractivity contribution is 5.88. The van der Waals surface area contributed by atoms with Crippen molar-refractivity contribution in [3.05, 3.63) is 47.9 Å². The number of nitrogens with one attached hydrogen (secondary N) is 2. The largest absolute Gasteiger partial charge is 0.508 e. The number of alkyl carbamates (subject to hydrolysis) is 1. The van der Waals surface area contributed by atoms with E-state index in [1.54, 1.807) is 4.90 Å². The van der Waals surface area contributed by atoms with Crippen LogP contribution in [0.3, 0.4) is 0 Å². The highest BCUT2D eigenvalue weighted by atomic mass is 16.5. The van der Waals surface area contributed by atoms with Crippen molar-refractivity contribution in [2.24, 2.45) is 5.41 Å². The number of carbonyl (C=O) groups is 3. The van der Waals surface area contributed by atoms with E-state index in [1.807, 2.05) is 65.0 Å². The van der Waals surface area contributed by atoms with Gasteiger partial charge in [-0.05, 0) is 31.2 Å².